The summed E-state index contributed by atoms with van der Waals surface area (Å²) in [6.45, 7) is 7.05. The zero-order chi connectivity index (χ0) is 23.1. The highest BCUT2D eigenvalue weighted by atomic mass is 32.2. The van der Waals surface area contributed by atoms with Crippen molar-refractivity contribution in [1.29, 1.82) is 0 Å². The third-order valence-corrected chi connectivity index (χ3v) is 5.89. The molecule has 1 aromatic heterocycles. The van der Waals surface area contributed by atoms with Gasteiger partial charge >= 0.3 is 0 Å². The molecule has 0 radical (unpaired) electrons. The van der Waals surface area contributed by atoms with E-state index in [1.54, 1.807) is 23.1 Å². The Hall–Kier alpha value is -3.46. The van der Waals surface area contributed by atoms with E-state index in [1.165, 1.54) is 23.9 Å². The van der Waals surface area contributed by atoms with Crippen LogP contribution in [0.25, 0.3) is 11.4 Å². The van der Waals surface area contributed by atoms with Crippen LogP contribution in [-0.4, -0.2) is 44.1 Å². The van der Waals surface area contributed by atoms with Crippen LogP contribution < -0.4 is 0 Å². The lowest BCUT2D eigenvalue weighted by Crippen LogP contribution is -2.28. The van der Waals surface area contributed by atoms with E-state index in [4.69, 9.17) is 0 Å². The van der Waals surface area contributed by atoms with Crippen molar-refractivity contribution in [3.63, 3.8) is 0 Å². The quantitative estimate of drug-likeness (QED) is 0.190. The fraction of sp³-hybridized carbons (Fsp3) is 0.261. The molecule has 0 unspecified atom stereocenters. The Bertz CT molecular complexity index is 1110. The SMILES string of the molecule is C=CCn1c(SCc2ccccc2C(=O)N(C)CCC)nnc1-c1ccc([N+](=O)[O-])cc1. The zero-order valence-corrected chi connectivity index (χ0v) is 18.9. The first kappa shape index (κ1) is 23.2. The first-order chi connectivity index (χ1) is 15.5. The number of hydrogen-bond acceptors (Lipinski definition) is 6. The van der Waals surface area contributed by atoms with Gasteiger partial charge in [0.25, 0.3) is 11.6 Å². The van der Waals surface area contributed by atoms with E-state index >= 15 is 0 Å². The van der Waals surface area contributed by atoms with Crippen molar-refractivity contribution in [2.45, 2.75) is 30.8 Å². The lowest BCUT2D eigenvalue weighted by Gasteiger charge is -2.18. The molecule has 0 aliphatic heterocycles. The van der Waals surface area contributed by atoms with Gasteiger partial charge in [0.15, 0.2) is 11.0 Å². The van der Waals surface area contributed by atoms with Gasteiger partial charge in [0.1, 0.15) is 0 Å². The maximum absolute atomic E-state index is 12.8. The van der Waals surface area contributed by atoms with Crippen molar-refractivity contribution in [3.05, 3.63) is 82.4 Å². The van der Waals surface area contributed by atoms with Gasteiger partial charge in [0.2, 0.25) is 0 Å². The number of thioether (sulfide) groups is 1. The zero-order valence-electron chi connectivity index (χ0n) is 18.1. The van der Waals surface area contributed by atoms with Crippen molar-refractivity contribution >= 4 is 23.4 Å². The second-order valence-electron chi connectivity index (χ2n) is 7.18. The topological polar surface area (TPSA) is 94.2 Å². The first-order valence-corrected chi connectivity index (χ1v) is 11.2. The number of non-ortho nitro benzene ring substituents is 1. The fourth-order valence-electron chi connectivity index (χ4n) is 3.27. The van der Waals surface area contributed by atoms with Crippen LogP contribution in [0.3, 0.4) is 0 Å². The van der Waals surface area contributed by atoms with Crippen molar-refractivity contribution in [1.82, 2.24) is 19.7 Å². The number of hydrogen-bond donors (Lipinski definition) is 0. The third kappa shape index (κ3) is 5.23. The van der Waals surface area contributed by atoms with Crippen LogP contribution in [0.2, 0.25) is 0 Å². The molecule has 8 nitrogen and oxygen atoms in total. The summed E-state index contributed by atoms with van der Waals surface area (Å²) in [6, 6.07) is 13.8. The lowest BCUT2D eigenvalue weighted by molar-refractivity contribution is -0.384. The number of allylic oxidation sites excluding steroid dienone is 1. The molecule has 0 aliphatic carbocycles. The van der Waals surface area contributed by atoms with Gasteiger partial charge in [0, 0.05) is 49.1 Å². The summed E-state index contributed by atoms with van der Waals surface area (Å²) in [4.78, 5) is 25.0. The molecule has 2 aromatic carbocycles. The van der Waals surface area contributed by atoms with Crippen molar-refractivity contribution < 1.29 is 9.72 Å². The molecule has 0 saturated heterocycles. The Morgan fingerprint density at radius 1 is 1.22 bits per heavy atom. The third-order valence-electron chi connectivity index (χ3n) is 4.88. The van der Waals surface area contributed by atoms with E-state index in [2.05, 4.69) is 16.8 Å². The molecule has 3 aromatic rings. The molecule has 1 amide bonds. The Balaban J connectivity index is 1.84. The number of nitrogens with zero attached hydrogens (tertiary/aromatic N) is 5. The summed E-state index contributed by atoms with van der Waals surface area (Å²) in [5.41, 5.74) is 2.36. The summed E-state index contributed by atoms with van der Waals surface area (Å²) in [5.74, 6) is 1.16. The Morgan fingerprint density at radius 2 is 1.94 bits per heavy atom. The van der Waals surface area contributed by atoms with E-state index in [9.17, 15) is 14.9 Å². The molecular weight excluding hydrogens is 426 g/mol. The maximum atomic E-state index is 12.8. The van der Waals surface area contributed by atoms with Gasteiger partial charge in [0.05, 0.1) is 4.92 Å². The monoisotopic (exact) mass is 451 g/mol. The fourth-order valence-corrected chi connectivity index (χ4v) is 4.23. The largest absolute Gasteiger partial charge is 0.342 e. The number of nitro groups is 1. The van der Waals surface area contributed by atoms with Crippen LogP contribution in [0.4, 0.5) is 5.69 Å². The van der Waals surface area contributed by atoms with Gasteiger partial charge in [-0.05, 0) is 30.2 Å². The van der Waals surface area contributed by atoms with Gasteiger partial charge < -0.3 is 4.90 Å². The highest BCUT2D eigenvalue weighted by Crippen LogP contribution is 2.28. The number of benzene rings is 2. The predicted octanol–water partition coefficient (Wildman–Crippen LogP) is 4.81. The molecule has 1 heterocycles. The Kier molecular flexibility index (Phi) is 7.77. The summed E-state index contributed by atoms with van der Waals surface area (Å²) < 4.78 is 1.91. The molecule has 166 valence electrons. The summed E-state index contributed by atoms with van der Waals surface area (Å²) in [5, 5.41) is 20.2. The molecular formula is C23H25N5O3S. The smallest absolute Gasteiger partial charge is 0.269 e. The molecule has 0 fully saturated rings. The van der Waals surface area contributed by atoms with Crippen molar-refractivity contribution in [2.24, 2.45) is 0 Å². The number of carbonyl (C=O) groups is 1. The maximum Gasteiger partial charge on any atom is 0.269 e. The van der Waals surface area contributed by atoms with Gasteiger partial charge in [-0.3, -0.25) is 19.5 Å². The summed E-state index contributed by atoms with van der Waals surface area (Å²) >= 11 is 1.48. The number of rotatable bonds is 10. The molecule has 9 heteroatoms. The molecule has 0 bridgehead atoms. The molecule has 0 saturated carbocycles. The van der Waals surface area contributed by atoms with E-state index in [-0.39, 0.29) is 11.6 Å². The molecule has 0 atom stereocenters. The van der Waals surface area contributed by atoms with E-state index in [0.29, 0.717) is 35.4 Å². The number of carbonyl (C=O) groups excluding carboxylic acids is 1. The first-order valence-electron chi connectivity index (χ1n) is 10.2. The van der Waals surface area contributed by atoms with Crippen LogP contribution in [0.15, 0.2) is 66.3 Å². The van der Waals surface area contributed by atoms with Gasteiger partial charge in [-0.15, -0.1) is 16.8 Å². The number of aromatic nitrogens is 3. The van der Waals surface area contributed by atoms with Crippen LogP contribution in [0.5, 0.6) is 0 Å². The standard InChI is InChI=1S/C23H25N5O3S/c1-4-14-26(3)22(29)20-9-7-6-8-18(20)16-32-23-25-24-21(27(23)15-5-2)17-10-12-19(13-11-17)28(30)31/h5-13H,2,4,14-16H2,1,3H3. The highest BCUT2D eigenvalue weighted by Gasteiger charge is 2.18. The normalized spacial score (nSPS) is 10.7. The minimum absolute atomic E-state index is 0.00202. The molecule has 0 spiro atoms. The van der Waals surface area contributed by atoms with Gasteiger partial charge in [-0.2, -0.15) is 0 Å². The summed E-state index contributed by atoms with van der Waals surface area (Å²) in [6.07, 6.45) is 2.65. The van der Waals surface area contributed by atoms with Gasteiger partial charge in [-0.1, -0.05) is 43.0 Å². The van der Waals surface area contributed by atoms with E-state index < -0.39 is 4.92 Å². The second-order valence-corrected chi connectivity index (χ2v) is 8.12. The molecule has 32 heavy (non-hydrogen) atoms. The number of amides is 1. The van der Waals surface area contributed by atoms with Crippen LogP contribution in [-0.2, 0) is 12.3 Å². The van der Waals surface area contributed by atoms with E-state index in [1.807, 2.05) is 42.8 Å². The number of nitro benzene ring substituents is 1. The van der Waals surface area contributed by atoms with Gasteiger partial charge in [-0.25, -0.2) is 0 Å². The average Bonchev–Trinajstić information content (AvgIpc) is 3.20. The molecule has 3 rings (SSSR count). The second kappa shape index (κ2) is 10.7. The average molecular weight is 452 g/mol. The molecule has 0 aliphatic rings. The highest BCUT2D eigenvalue weighted by molar-refractivity contribution is 7.98. The Morgan fingerprint density at radius 3 is 2.59 bits per heavy atom. The summed E-state index contributed by atoms with van der Waals surface area (Å²) in [7, 11) is 1.81. The van der Waals surface area contributed by atoms with Crippen LogP contribution in [0.1, 0.15) is 29.3 Å². The minimum atomic E-state index is -0.434. The minimum Gasteiger partial charge on any atom is -0.342 e. The van der Waals surface area contributed by atoms with Crippen molar-refractivity contribution in [3.8, 4) is 11.4 Å². The molecule has 0 N–H and O–H groups in total. The Labute approximate surface area is 191 Å². The lowest BCUT2D eigenvalue weighted by atomic mass is 10.1. The van der Waals surface area contributed by atoms with E-state index in [0.717, 1.165) is 17.5 Å². The van der Waals surface area contributed by atoms with Crippen molar-refractivity contribution in [2.75, 3.05) is 13.6 Å². The predicted molar refractivity (Wildman–Crippen MR) is 126 cm³/mol. The van der Waals surface area contributed by atoms with Crippen LogP contribution >= 0.6 is 11.8 Å². The van der Waals surface area contributed by atoms with Crippen LogP contribution in [0, 0.1) is 10.1 Å².